The Kier molecular flexibility index (Phi) is 4.42. The monoisotopic (exact) mass is 351 g/mol. The molecule has 2 aromatic rings. The van der Waals surface area contributed by atoms with E-state index >= 15 is 0 Å². The largest absolute Gasteiger partial charge is 0.307 e. The van der Waals surface area contributed by atoms with Gasteiger partial charge >= 0.3 is 5.69 Å². The minimum Gasteiger partial charge on any atom is -0.262 e. The molecule has 1 heterocycles. The number of nitro benzene ring substituents is 1. The molecule has 2 N–H and O–H groups in total. The maximum Gasteiger partial charge on any atom is 0.307 e. The zero-order valence-electron chi connectivity index (χ0n) is 10.1. The molecule has 0 amide bonds. The lowest BCUT2D eigenvalue weighted by Crippen LogP contribution is -2.24. The Hall–Kier alpha value is -1.75. The predicted octanol–water partition coefficient (Wildman–Crippen LogP) is 1.50. The number of sulfonamides is 1. The van der Waals surface area contributed by atoms with Crippen molar-refractivity contribution in [2.24, 2.45) is 0 Å². The molecule has 112 valence electrons. The van der Waals surface area contributed by atoms with Crippen molar-refractivity contribution in [2.75, 3.05) is 0 Å². The van der Waals surface area contributed by atoms with Gasteiger partial charge in [-0.15, -0.1) is 0 Å². The molecule has 1 aromatic carbocycles. The Morgan fingerprint density at radius 2 is 2.10 bits per heavy atom. The van der Waals surface area contributed by atoms with E-state index in [0.29, 0.717) is 0 Å². The standard InChI is InChI=1S/C9H7Cl2N5O4S/c10-5-1-2-6(8(11)9(5)16(17)18)21(19,20)14-3-7-12-4-13-15-7/h1-2,4,14H,3H2,(H,12,13,15). The molecule has 0 radical (unpaired) electrons. The highest BCUT2D eigenvalue weighted by atomic mass is 35.5. The van der Waals surface area contributed by atoms with Crippen LogP contribution >= 0.6 is 23.2 Å². The van der Waals surface area contributed by atoms with E-state index < -0.39 is 30.6 Å². The summed E-state index contributed by atoms with van der Waals surface area (Å²) in [6.07, 6.45) is 1.21. The van der Waals surface area contributed by atoms with Crippen LogP contribution in [0.15, 0.2) is 23.4 Å². The van der Waals surface area contributed by atoms with Crippen LogP contribution in [-0.4, -0.2) is 28.5 Å². The van der Waals surface area contributed by atoms with Gasteiger partial charge in [-0.05, 0) is 12.1 Å². The Labute approximate surface area is 128 Å². The van der Waals surface area contributed by atoms with E-state index in [0.717, 1.165) is 12.1 Å². The lowest BCUT2D eigenvalue weighted by molar-refractivity contribution is -0.384. The average Bonchev–Trinajstić information content (AvgIpc) is 2.88. The van der Waals surface area contributed by atoms with E-state index in [4.69, 9.17) is 23.2 Å². The van der Waals surface area contributed by atoms with Crippen LogP contribution in [-0.2, 0) is 16.6 Å². The maximum atomic E-state index is 12.1. The quantitative estimate of drug-likeness (QED) is 0.619. The van der Waals surface area contributed by atoms with Crippen LogP contribution in [0.25, 0.3) is 0 Å². The number of aromatic nitrogens is 3. The second-order valence-electron chi connectivity index (χ2n) is 3.72. The molecule has 0 unspecified atom stereocenters. The second kappa shape index (κ2) is 5.93. The van der Waals surface area contributed by atoms with Gasteiger partial charge in [0.1, 0.15) is 27.1 Å². The Bertz CT molecular complexity index is 778. The topological polar surface area (TPSA) is 131 Å². The molecule has 0 spiro atoms. The Balaban J connectivity index is 2.36. The van der Waals surface area contributed by atoms with Gasteiger partial charge in [0.2, 0.25) is 10.0 Å². The summed E-state index contributed by atoms with van der Waals surface area (Å²) in [4.78, 5) is 13.3. The van der Waals surface area contributed by atoms with Gasteiger partial charge in [0.25, 0.3) is 0 Å². The van der Waals surface area contributed by atoms with Crippen LogP contribution < -0.4 is 4.72 Å². The Morgan fingerprint density at radius 3 is 2.67 bits per heavy atom. The van der Waals surface area contributed by atoms with E-state index in [-0.39, 0.29) is 17.4 Å². The highest BCUT2D eigenvalue weighted by molar-refractivity contribution is 7.89. The molecular formula is C9H7Cl2N5O4S. The summed E-state index contributed by atoms with van der Waals surface area (Å²) < 4.78 is 26.4. The zero-order chi connectivity index (χ0) is 15.6. The number of hydrogen-bond acceptors (Lipinski definition) is 6. The zero-order valence-corrected chi connectivity index (χ0v) is 12.4. The van der Waals surface area contributed by atoms with Gasteiger partial charge in [0.15, 0.2) is 0 Å². The summed E-state index contributed by atoms with van der Waals surface area (Å²) in [5.41, 5.74) is -0.666. The number of aromatic amines is 1. The van der Waals surface area contributed by atoms with E-state index in [1.54, 1.807) is 0 Å². The molecule has 9 nitrogen and oxygen atoms in total. The van der Waals surface area contributed by atoms with Gasteiger partial charge < -0.3 is 0 Å². The van der Waals surface area contributed by atoms with Gasteiger partial charge in [0, 0.05) is 0 Å². The SMILES string of the molecule is O=[N+]([O-])c1c(Cl)ccc(S(=O)(=O)NCc2ncn[nH]2)c1Cl. The molecule has 0 bridgehead atoms. The Morgan fingerprint density at radius 1 is 1.38 bits per heavy atom. The fourth-order valence-electron chi connectivity index (χ4n) is 1.45. The normalized spacial score (nSPS) is 11.5. The molecule has 0 aliphatic carbocycles. The second-order valence-corrected chi connectivity index (χ2v) is 6.24. The molecule has 12 heteroatoms. The summed E-state index contributed by atoms with van der Waals surface area (Å²) in [5, 5.41) is 16.1. The van der Waals surface area contributed by atoms with E-state index in [1.807, 2.05) is 0 Å². The lowest BCUT2D eigenvalue weighted by Gasteiger charge is -2.08. The number of rotatable bonds is 5. The van der Waals surface area contributed by atoms with Gasteiger partial charge in [-0.2, -0.15) is 5.10 Å². The number of halogens is 2. The number of nitrogens with one attached hydrogen (secondary N) is 2. The third kappa shape index (κ3) is 3.29. The number of nitro groups is 1. The molecule has 0 saturated carbocycles. The van der Waals surface area contributed by atoms with Crippen molar-refractivity contribution in [2.45, 2.75) is 11.4 Å². The highest BCUT2D eigenvalue weighted by Gasteiger charge is 2.27. The van der Waals surface area contributed by atoms with Gasteiger partial charge in [-0.1, -0.05) is 23.2 Å². The molecule has 0 fully saturated rings. The van der Waals surface area contributed by atoms with Crippen molar-refractivity contribution in [1.29, 1.82) is 0 Å². The molecule has 21 heavy (non-hydrogen) atoms. The van der Waals surface area contributed by atoms with Crippen LogP contribution in [0.1, 0.15) is 5.82 Å². The fraction of sp³-hybridized carbons (Fsp3) is 0.111. The fourth-order valence-corrected chi connectivity index (χ4v) is 3.33. The molecule has 0 aliphatic rings. The lowest BCUT2D eigenvalue weighted by atomic mass is 10.3. The van der Waals surface area contributed by atoms with Crippen molar-refractivity contribution in [3.63, 3.8) is 0 Å². The van der Waals surface area contributed by atoms with Gasteiger partial charge in [-0.25, -0.2) is 18.1 Å². The van der Waals surface area contributed by atoms with Crippen molar-refractivity contribution in [3.05, 3.63) is 44.4 Å². The molecule has 0 saturated heterocycles. The number of benzene rings is 1. The number of nitrogens with zero attached hydrogens (tertiary/aromatic N) is 3. The van der Waals surface area contributed by atoms with Crippen molar-refractivity contribution >= 4 is 38.9 Å². The van der Waals surface area contributed by atoms with E-state index in [2.05, 4.69) is 19.9 Å². The van der Waals surface area contributed by atoms with Crippen LogP contribution in [0.4, 0.5) is 5.69 Å². The molecule has 0 aliphatic heterocycles. The van der Waals surface area contributed by atoms with Crippen LogP contribution in [0.5, 0.6) is 0 Å². The maximum absolute atomic E-state index is 12.1. The first-order chi connectivity index (χ1) is 9.83. The van der Waals surface area contributed by atoms with Crippen molar-refractivity contribution < 1.29 is 13.3 Å². The number of hydrogen-bond donors (Lipinski definition) is 2. The first-order valence-corrected chi connectivity index (χ1v) is 7.53. The van der Waals surface area contributed by atoms with E-state index in [1.165, 1.54) is 6.33 Å². The summed E-state index contributed by atoms with van der Waals surface area (Å²) >= 11 is 11.4. The number of H-pyrrole nitrogens is 1. The third-order valence-electron chi connectivity index (χ3n) is 2.40. The third-order valence-corrected chi connectivity index (χ3v) is 4.64. The summed E-state index contributed by atoms with van der Waals surface area (Å²) in [5.74, 6) is 0.276. The average molecular weight is 352 g/mol. The van der Waals surface area contributed by atoms with Gasteiger partial charge in [-0.3, -0.25) is 15.2 Å². The van der Waals surface area contributed by atoms with Gasteiger partial charge in [0.05, 0.1) is 11.5 Å². The first kappa shape index (κ1) is 15.6. The molecular weight excluding hydrogens is 345 g/mol. The smallest absolute Gasteiger partial charge is 0.262 e. The molecule has 2 rings (SSSR count). The molecule has 1 aromatic heterocycles. The summed E-state index contributed by atoms with van der Waals surface area (Å²) in [6, 6.07) is 2.18. The minimum absolute atomic E-state index is 0.172. The summed E-state index contributed by atoms with van der Waals surface area (Å²) in [6.45, 7) is -0.172. The summed E-state index contributed by atoms with van der Waals surface area (Å²) in [7, 11) is -4.07. The molecule has 0 atom stereocenters. The van der Waals surface area contributed by atoms with Crippen molar-refractivity contribution in [1.82, 2.24) is 19.9 Å². The van der Waals surface area contributed by atoms with Crippen LogP contribution in [0.3, 0.4) is 0 Å². The van der Waals surface area contributed by atoms with Crippen molar-refractivity contribution in [3.8, 4) is 0 Å². The van der Waals surface area contributed by atoms with Crippen LogP contribution in [0, 0.1) is 10.1 Å². The minimum atomic E-state index is -4.07. The van der Waals surface area contributed by atoms with Crippen LogP contribution in [0.2, 0.25) is 10.0 Å². The highest BCUT2D eigenvalue weighted by Crippen LogP contribution is 2.36. The van der Waals surface area contributed by atoms with E-state index in [9.17, 15) is 18.5 Å². The predicted molar refractivity (Wildman–Crippen MR) is 73.5 cm³/mol. The first-order valence-electron chi connectivity index (χ1n) is 5.29.